The van der Waals surface area contributed by atoms with Gasteiger partial charge in [-0.1, -0.05) is 0 Å². The average molecular weight is 361 g/mol. The van der Waals surface area contributed by atoms with Crippen LogP contribution in [0.5, 0.6) is 5.75 Å². The van der Waals surface area contributed by atoms with Crippen molar-refractivity contribution in [3.8, 4) is 16.3 Å². The Morgan fingerprint density at radius 3 is 2.44 bits per heavy atom. The van der Waals surface area contributed by atoms with Crippen LogP contribution < -0.4 is 15.4 Å². The standard InChI is InChI=1S/C17H19N3O4S/c1-4-18-17(23)20-14(22)9-24-13-7-5-12(6-8-13)16-19-10(2)15(25-16)11(3)21/h5-8H,4,9H2,1-3H3,(H2,18,20,22,23). The number of carbonyl (C=O) groups excluding carboxylic acids is 3. The lowest BCUT2D eigenvalue weighted by molar-refractivity contribution is -0.122. The van der Waals surface area contributed by atoms with Crippen molar-refractivity contribution in [2.75, 3.05) is 13.2 Å². The third kappa shape index (κ3) is 5.12. The smallest absolute Gasteiger partial charge is 0.321 e. The quantitative estimate of drug-likeness (QED) is 0.771. The number of thiazole rings is 1. The van der Waals surface area contributed by atoms with Crippen molar-refractivity contribution in [1.82, 2.24) is 15.6 Å². The van der Waals surface area contributed by atoms with E-state index in [4.69, 9.17) is 4.74 Å². The molecule has 7 nitrogen and oxygen atoms in total. The summed E-state index contributed by atoms with van der Waals surface area (Å²) in [6.07, 6.45) is 0. The van der Waals surface area contributed by atoms with Crippen molar-refractivity contribution < 1.29 is 19.1 Å². The van der Waals surface area contributed by atoms with E-state index >= 15 is 0 Å². The number of aryl methyl sites for hydroxylation is 1. The highest BCUT2D eigenvalue weighted by Gasteiger charge is 2.13. The molecule has 0 fully saturated rings. The first-order valence-electron chi connectivity index (χ1n) is 7.70. The highest BCUT2D eigenvalue weighted by molar-refractivity contribution is 7.17. The molecule has 25 heavy (non-hydrogen) atoms. The molecule has 2 aromatic rings. The fraction of sp³-hybridized carbons (Fsp3) is 0.294. The first kappa shape index (κ1) is 18.6. The summed E-state index contributed by atoms with van der Waals surface area (Å²) in [7, 11) is 0. The van der Waals surface area contributed by atoms with Gasteiger partial charge in [-0.25, -0.2) is 9.78 Å². The van der Waals surface area contributed by atoms with Crippen LogP contribution in [0.1, 0.15) is 29.2 Å². The summed E-state index contributed by atoms with van der Waals surface area (Å²) in [4.78, 5) is 39.3. The molecule has 0 aliphatic heterocycles. The molecule has 1 heterocycles. The Balaban J connectivity index is 1.96. The van der Waals surface area contributed by atoms with E-state index in [0.29, 0.717) is 17.2 Å². The molecule has 2 rings (SSSR count). The second-order valence-electron chi connectivity index (χ2n) is 5.21. The number of ketones is 1. The molecule has 0 saturated carbocycles. The second kappa shape index (κ2) is 8.39. The second-order valence-corrected chi connectivity index (χ2v) is 6.21. The maximum Gasteiger partial charge on any atom is 0.321 e. The van der Waals surface area contributed by atoms with Crippen molar-refractivity contribution in [2.45, 2.75) is 20.8 Å². The zero-order chi connectivity index (χ0) is 18.4. The van der Waals surface area contributed by atoms with Crippen LogP contribution in [-0.2, 0) is 4.79 Å². The molecule has 2 N–H and O–H groups in total. The molecule has 1 aromatic carbocycles. The summed E-state index contributed by atoms with van der Waals surface area (Å²) in [6.45, 7) is 5.25. The largest absolute Gasteiger partial charge is 0.484 e. The number of hydrogen-bond acceptors (Lipinski definition) is 6. The van der Waals surface area contributed by atoms with E-state index in [9.17, 15) is 14.4 Å². The monoisotopic (exact) mass is 361 g/mol. The van der Waals surface area contributed by atoms with E-state index in [1.54, 1.807) is 31.2 Å². The number of Topliss-reactive ketones (excluding diaryl/α,β-unsaturated/α-hetero) is 1. The van der Waals surface area contributed by atoms with Gasteiger partial charge in [-0.15, -0.1) is 11.3 Å². The van der Waals surface area contributed by atoms with E-state index in [1.165, 1.54) is 18.3 Å². The molecular weight excluding hydrogens is 342 g/mol. The maximum absolute atomic E-state index is 11.6. The molecule has 0 aliphatic rings. The summed E-state index contributed by atoms with van der Waals surface area (Å²) in [5.41, 5.74) is 1.58. The minimum Gasteiger partial charge on any atom is -0.484 e. The number of nitrogens with zero attached hydrogens (tertiary/aromatic N) is 1. The van der Waals surface area contributed by atoms with Crippen molar-refractivity contribution >= 4 is 29.1 Å². The molecule has 0 bridgehead atoms. The van der Waals surface area contributed by atoms with Gasteiger partial charge in [-0.05, 0) is 38.1 Å². The highest BCUT2D eigenvalue weighted by atomic mass is 32.1. The molecular formula is C17H19N3O4S. The average Bonchev–Trinajstić information content (AvgIpc) is 2.96. The lowest BCUT2D eigenvalue weighted by Crippen LogP contribution is -2.41. The zero-order valence-electron chi connectivity index (χ0n) is 14.2. The number of carbonyl (C=O) groups is 3. The summed E-state index contributed by atoms with van der Waals surface area (Å²) in [6, 6.07) is 6.47. The number of rotatable bonds is 6. The number of urea groups is 1. The summed E-state index contributed by atoms with van der Waals surface area (Å²) in [5, 5.41) is 5.37. The molecule has 0 unspecified atom stereocenters. The van der Waals surface area contributed by atoms with Crippen molar-refractivity contribution in [3.05, 3.63) is 34.8 Å². The molecule has 0 atom stereocenters. The number of nitrogens with one attached hydrogen (secondary N) is 2. The lowest BCUT2D eigenvalue weighted by atomic mass is 10.2. The fourth-order valence-corrected chi connectivity index (χ4v) is 3.02. The number of amides is 3. The van der Waals surface area contributed by atoms with Crippen LogP contribution in [0.25, 0.3) is 10.6 Å². The van der Waals surface area contributed by atoms with Gasteiger partial charge in [0.1, 0.15) is 10.8 Å². The number of hydrogen-bond donors (Lipinski definition) is 2. The summed E-state index contributed by atoms with van der Waals surface area (Å²) >= 11 is 1.35. The van der Waals surface area contributed by atoms with Gasteiger partial charge >= 0.3 is 6.03 Å². The molecule has 1 aromatic heterocycles. The van der Waals surface area contributed by atoms with Crippen LogP contribution in [0.3, 0.4) is 0 Å². The highest BCUT2D eigenvalue weighted by Crippen LogP contribution is 2.29. The Morgan fingerprint density at radius 1 is 1.20 bits per heavy atom. The van der Waals surface area contributed by atoms with E-state index < -0.39 is 11.9 Å². The molecule has 132 valence electrons. The first-order chi connectivity index (χ1) is 11.9. The SMILES string of the molecule is CCNC(=O)NC(=O)COc1ccc(-c2nc(C)c(C(C)=O)s2)cc1. The van der Waals surface area contributed by atoms with Gasteiger partial charge in [0.2, 0.25) is 0 Å². The number of benzene rings is 1. The van der Waals surface area contributed by atoms with Crippen LogP contribution in [0.4, 0.5) is 4.79 Å². The minimum atomic E-state index is -0.549. The summed E-state index contributed by atoms with van der Waals surface area (Å²) in [5.74, 6) is -0.0362. The van der Waals surface area contributed by atoms with Crippen LogP contribution >= 0.6 is 11.3 Å². The maximum atomic E-state index is 11.6. The van der Waals surface area contributed by atoms with Crippen molar-refractivity contribution in [2.24, 2.45) is 0 Å². The normalized spacial score (nSPS) is 10.2. The van der Waals surface area contributed by atoms with Gasteiger partial charge in [-0.2, -0.15) is 0 Å². The molecule has 0 spiro atoms. The first-order valence-corrected chi connectivity index (χ1v) is 8.51. The molecule has 3 amide bonds. The van der Waals surface area contributed by atoms with Crippen LogP contribution in [0, 0.1) is 6.92 Å². The Hall–Kier alpha value is -2.74. The van der Waals surface area contributed by atoms with Gasteiger partial charge in [0.25, 0.3) is 5.91 Å². The summed E-state index contributed by atoms with van der Waals surface area (Å²) < 4.78 is 5.34. The van der Waals surface area contributed by atoms with Gasteiger partial charge in [-0.3, -0.25) is 14.9 Å². The van der Waals surface area contributed by atoms with Crippen LogP contribution in [-0.4, -0.2) is 35.9 Å². The van der Waals surface area contributed by atoms with Gasteiger partial charge < -0.3 is 10.1 Å². The van der Waals surface area contributed by atoms with Gasteiger partial charge in [0, 0.05) is 19.0 Å². The molecule has 8 heteroatoms. The third-order valence-electron chi connectivity index (χ3n) is 3.18. The zero-order valence-corrected chi connectivity index (χ0v) is 15.0. The van der Waals surface area contributed by atoms with Crippen LogP contribution in [0.15, 0.2) is 24.3 Å². The molecule has 0 saturated heterocycles. The van der Waals surface area contributed by atoms with E-state index in [1.807, 2.05) is 6.92 Å². The predicted octanol–water partition coefficient (Wildman–Crippen LogP) is 2.55. The molecule has 0 radical (unpaired) electrons. The van der Waals surface area contributed by atoms with E-state index in [2.05, 4.69) is 15.6 Å². The number of ether oxygens (including phenoxy) is 1. The van der Waals surface area contributed by atoms with Crippen molar-refractivity contribution in [1.29, 1.82) is 0 Å². The topological polar surface area (TPSA) is 97.4 Å². The predicted molar refractivity (Wildman–Crippen MR) is 95.0 cm³/mol. The minimum absolute atomic E-state index is 0.000624. The third-order valence-corrected chi connectivity index (χ3v) is 4.49. The number of aromatic nitrogens is 1. The van der Waals surface area contributed by atoms with Gasteiger partial charge in [0.15, 0.2) is 12.4 Å². The van der Waals surface area contributed by atoms with Crippen LogP contribution in [0.2, 0.25) is 0 Å². The van der Waals surface area contributed by atoms with Gasteiger partial charge in [0.05, 0.1) is 10.6 Å². The van der Waals surface area contributed by atoms with E-state index in [0.717, 1.165) is 16.3 Å². The Bertz CT molecular complexity index is 784. The Labute approximate surface area is 149 Å². The van der Waals surface area contributed by atoms with Crippen molar-refractivity contribution in [3.63, 3.8) is 0 Å². The Morgan fingerprint density at radius 2 is 1.88 bits per heavy atom. The molecule has 0 aliphatic carbocycles. The lowest BCUT2D eigenvalue weighted by Gasteiger charge is -2.07. The Kier molecular flexibility index (Phi) is 6.24. The van der Waals surface area contributed by atoms with E-state index in [-0.39, 0.29) is 12.4 Å². The number of imide groups is 1. The fourth-order valence-electron chi connectivity index (χ4n) is 2.06.